The summed E-state index contributed by atoms with van der Waals surface area (Å²) in [6, 6.07) is 10.6. The van der Waals surface area contributed by atoms with Crippen molar-refractivity contribution in [2.24, 2.45) is 0 Å². The minimum absolute atomic E-state index is 0.180. The fourth-order valence-corrected chi connectivity index (χ4v) is 5.84. The van der Waals surface area contributed by atoms with Crippen molar-refractivity contribution in [3.8, 4) is 11.5 Å². The van der Waals surface area contributed by atoms with Gasteiger partial charge in [0.15, 0.2) is 11.5 Å². The Labute approximate surface area is 192 Å². The van der Waals surface area contributed by atoms with Gasteiger partial charge in [0.25, 0.3) is 0 Å². The van der Waals surface area contributed by atoms with Gasteiger partial charge in [0, 0.05) is 30.1 Å². The summed E-state index contributed by atoms with van der Waals surface area (Å²) in [6.07, 6.45) is 0.833. The Morgan fingerprint density at radius 1 is 1.03 bits per heavy atom. The summed E-state index contributed by atoms with van der Waals surface area (Å²) in [4.78, 5) is 13.6. The molecule has 1 saturated heterocycles. The van der Waals surface area contributed by atoms with Gasteiger partial charge in [0.05, 0.1) is 37.1 Å². The second-order valence-corrected chi connectivity index (χ2v) is 10.4. The molecule has 1 amide bonds. The number of morpholine rings is 1. The van der Waals surface area contributed by atoms with Gasteiger partial charge in [-0.3, -0.25) is 4.79 Å². The molecule has 0 radical (unpaired) electrons. The molecule has 10 heteroatoms. The maximum absolute atomic E-state index is 13.0. The summed E-state index contributed by atoms with van der Waals surface area (Å²) in [5.41, 5.74) is 1.09. The van der Waals surface area contributed by atoms with E-state index in [1.807, 2.05) is 18.2 Å². The highest BCUT2D eigenvalue weighted by molar-refractivity contribution is 8.00. The van der Waals surface area contributed by atoms with Crippen LogP contribution in [0.1, 0.15) is 12.0 Å². The van der Waals surface area contributed by atoms with Gasteiger partial charge in [-0.25, -0.2) is 8.42 Å². The maximum atomic E-state index is 13.0. The zero-order chi connectivity index (χ0) is 22.6. The lowest BCUT2D eigenvalue weighted by Gasteiger charge is -2.26. The van der Waals surface area contributed by atoms with E-state index in [-0.39, 0.29) is 16.6 Å². The highest BCUT2D eigenvalue weighted by atomic mass is 32.2. The quantitative estimate of drug-likeness (QED) is 0.638. The highest BCUT2D eigenvalue weighted by Gasteiger charge is 2.28. The molecule has 0 saturated carbocycles. The second-order valence-electron chi connectivity index (χ2n) is 7.49. The number of carbonyl (C=O) groups excluding carboxylic acids is 1. The van der Waals surface area contributed by atoms with Crippen molar-refractivity contribution < 1.29 is 27.4 Å². The molecule has 2 aromatic rings. The van der Waals surface area contributed by atoms with Crippen LogP contribution in [0.3, 0.4) is 0 Å². The average Bonchev–Trinajstić information content (AvgIpc) is 3.04. The van der Waals surface area contributed by atoms with Crippen molar-refractivity contribution in [1.29, 1.82) is 0 Å². The molecule has 32 heavy (non-hydrogen) atoms. The number of anilines is 1. The predicted molar refractivity (Wildman–Crippen MR) is 122 cm³/mol. The first kappa shape index (κ1) is 22.9. The van der Waals surface area contributed by atoms with Crippen LogP contribution in [0.25, 0.3) is 0 Å². The zero-order valence-corrected chi connectivity index (χ0v) is 19.5. The topological polar surface area (TPSA) is 94.2 Å². The van der Waals surface area contributed by atoms with Gasteiger partial charge in [0.2, 0.25) is 15.9 Å². The van der Waals surface area contributed by atoms with Gasteiger partial charge < -0.3 is 19.5 Å². The van der Waals surface area contributed by atoms with E-state index in [0.717, 1.165) is 11.3 Å². The first-order valence-corrected chi connectivity index (χ1v) is 12.9. The Kier molecular flexibility index (Phi) is 7.24. The summed E-state index contributed by atoms with van der Waals surface area (Å²) in [6.45, 7) is 4.39. The van der Waals surface area contributed by atoms with E-state index < -0.39 is 10.0 Å². The van der Waals surface area contributed by atoms with E-state index >= 15 is 0 Å². The molecule has 0 atom stereocenters. The molecule has 0 spiro atoms. The van der Waals surface area contributed by atoms with Crippen LogP contribution in [0.5, 0.6) is 11.5 Å². The zero-order valence-electron chi connectivity index (χ0n) is 17.8. The van der Waals surface area contributed by atoms with Crippen molar-refractivity contribution in [1.82, 2.24) is 4.31 Å². The Bertz CT molecular complexity index is 1080. The largest absolute Gasteiger partial charge is 0.490 e. The molecule has 1 fully saturated rings. The van der Waals surface area contributed by atoms with Gasteiger partial charge in [-0.15, -0.1) is 11.8 Å². The number of nitrogens with zero attached hydrogens (tertiary/aromatic N) is 1. The Hall–Kier alpha value is -2.27. The third-order valence-electron chi connectivity index (χ3n) is 5.15. The lowest BCUT2D eigenvalue weighted by Crippen LogP contribution is -2.40. The van der Waals surface area contributed by atoms with E-state index in [0.29, 0.717) is 62.3 Å². The lowest BCUT2D eigenvalue weighted by molar-refractivity contribution is -0.113. The van der Waals surface area contributed by atoms with E-state index in [2.05, 4.69) is 5.32 Å². The minimum Gasteiger partial charge on any atom is -0.490 e. The second kappa shape index (κ2) is 10.1. The van der Waals surface area contributed by atoms with Crippen LogP contribution in [0.15, 0.2) is 46.2 Å². The van der Waals surface area contributed by atoms with Crippen LogP contribution in [-0.2, 0) is 19.6 Å². The number of nitrogens with one attached hydrogen (secondary N) is 1. The summed E-state index contributed by atoms with van der Waals surface area (Å²) >= 11 is 1.38. The molecule has 8 nitrogen and oxygen atoms in total. The molecular weight excluding hydrogens is 452 g/mol. The molecule has 0 bridgehead atoms. The Morgan fingerprint density at radius 3 is 2.56 bits per heavy atom. The molecule has 1 N–H and O–H groups in total. The highest BCUT2D eigenvalue weighted by Crippen LogP contribution is 2.34. The molecular formula is C22H26N2O6S2. The van der Waals surface area contributed by atoms with E-state index in [9.17, 15) is 13.2 Å². The van der Waals surface area contributed by atoms with Crippen LogP contribution in [0, 0.1) is 6.92 Å². The predicted octanol–water partition coefficient (Wildman–Crippen LogP) is 2.91. The van der Waals surface area contributed by atoms with Gasteiger partial charge in [-0.1, -0.05) is 6.07 Å². The number of ether oxygens (including phenoxy) is 3. The van der Waals surface area contributed by atoms with Gasteiger partial charge in [-0.05, 0) is 42.8 Å². The number of thioether (sulfide) groups is 1. The van der Waals surface area contributed by atoms with Crippen LogP contribution in [-0.4, -0.2) is 63.9 Å². The summed E-state index contributed by atoms with van der Waals surface area (Å²) in [5, 5.41) is 2.80. The number of benzene rings is 2. The number of sulfonamides is 1. The average molecular weight is 479 g/mol. The molecule has 4 rings (SSSR count). The number of carbonyl (C=O) groups is 1. The molecule has 0 unspecified atom stereocenters. The standard InChI is InChI=1S/C22H26N2O6S2/c1-16-3-4-17(13-21(16)32(26,27)24-7-11-28-12-8-24)23-22(25)15-31-18-5-6-19-20(14-18)30-10-2-9-29-19/h3-6,13-14H,2,7-12,15H2,1H3,(H,23,25). The van der Waals surface area contributed by atoms with E-state index in [1.165, 1.54) is 22.1 Å². The molecule has 172 valence electrons. The smallest absolute Gasteiger partial charge is 0.243 e. The first-order chi connectivity index (χ1) is 15.4. The van der Waals surface area contributed by atoms with Crippen LogP contribution in [0.4, 0.5) is 5.69 Å². The summed E-state index contributed by atoms with van der Waals surface area (Å²) in [5.74, 6) is 1.36. The summed E-state index contributed by atoms with van der Waals surface area (Å²) in [7, 11) is -3.65. The molecule has 0 aliphatic carbocycles. The van der Waals surface area contributed by atoms with Crippen molar-refractivity contribution in [2.75, 3.05) is 50.6 Å². The van der Waals surface area contributed by atoms with Crippen LogP contribution >= 0.6 is 11.8 Å². The number of aryl methyl sites for hydroxylation is 1. The summed E-state index contributed by atoms with van der Waals surface area (Å²) < 4.78 is 44.1. The minimum atomic E-state index is -3.65. The number of hydrogen-bond acceptors (Lipinski definition) is 7. The van der Waals surface area contributed by atoms with Crippen LogP contribution in [0.2, 0.25) is 0 Å². The number of amides is 1. The number of hydrogen-bond donors (Lipinski definition) is 1. The van der Waals surface area contributed by atoms with Gasteiger partial charge in [-0.2, -0.15) is 4.31 Å². The third kappa shape index (κ3) is 5.37. The van der Waals surface area contributed by atoms with E-state index in [4.69, 9.17) is 14.2 Å². The molecule has 2 heterocycles. The van der Waals surface area contributed by atoms with Gasteiger partial charge >= 0.3 is 0 Å². The van der Waals surface area contributed by atoms with Crippen molar-refractivity contribution in [3.05, 3.63) is 42.0 Å². The molecule has 2 aliphatic heterocycles. The number of fused-ring (bicyclic) bond motifs is 1. The first-order valence-electron chi connectivity index (χ1n) is 10.4. The normalized spacial score (nSPS) is 16.9. The Morgan fingerprint density at radius 2 is 1.78 bits per heavy atom. The van der Waals surface area contributed by atoms with Crippen molar-refractivity contribution in [2.45, 2.75) is 23.1 Å². The Balaban J connectivity index is 1.40. The van der Waals surface area contributed by atoms with Crippen molar-refractivity contribution >= 4 is 33.4 Å². The lowest BCUT2D eigenvalue weighted by atomic mass is 10.2. The van der Waals surface area contributed by atoms with Crippen LogP contribution < -0.4 is 14.8 Å². The maximum Gasteiger partial charge on any atom is 0.243 e. The molecule has 2 aliphatic rings. The molecule has 0 aromatic heterocycles. The third-order valence-corrected chi connectivity index (χ3v) is 8.18. The monoisotopic (exact) mass is 478 g/mol. The SMILES string of the molecule is Cc1ccc(NC(=O)CSc2ccc3c(c2)OCCCO3)cc1S(=O)(=O)N1CCOCC1. The van der Waals surface area contributed by atoms with Crippen molar-refractivity contribution in [3.63, 3.8) is 0 Å². The number of rotatable bonds is 6. The molecule has 2 aromatic carbocycles. The fourth-order valence-electron chi connectivity index (χ4n) is 3.46. The van der Waals surface area contributed by atoms with E-state index in [1.54, 1.807) is 19.1 Å². The fraction of sp³-hybridized carbons (Fsp3) is 0.409. The van der Waals surface area contributed by atoms with Gasteiger partial charge in [0.1, 0.15) is 0 Å².